The van der Waals surface area contributed by atoms with E-state index in [-0.39, 0.29) is 5.82 Å². The minimum atomic E-state index is -0.280. The Kier molecular flexibility index (Phi) is 5.09. The Bertz CT molecular complexity index is 1460. The molecule has 160 valence electrons. The number of fused-ring (bicyclic) bond motifs is 1. The SMILES string of the molecule is COc1cc(-c2ccn3c(I)c(-c4ccc(F)cc4)nc3c2N)ccc1-n1cnc(C)c1. The molecule has 0 fully saturated rings. The van der Waals surface area contributed by atoms with Crippen LogP contribution in [0, 0.1) is 16.4 Å². The van der Waals surface area contributed by atoms with Crippen molar-refractivity contribution in [2.45, 2.75) is 6.92 Å². The van der Waals surface area contributed by atoms with Crippen molar-refractivity contribution >= 4 is 33.9 Å². The molecule has 0 spiro atoms. The highest BCUT2D eigenvalue weighted by Gasteiger charge is 2.17. The van der Waals surface area contributed by atoms with Crippen molar-refractivity contribution in [3.63, 3.8) is 0 Å². The van der Waals surface area contributed by atoms with E-state index in [1.54, 1.807) is 25.6 Å². The maximum Gasteiger partial charge on any atom is 0.162 e. The number of nitrogens with zero attached hydrogens (tertiary/aromatic N) is 4. The lowest BCUT2D eigenvalue weighted by Crippen LogP contribution is -1.99. The number of hydrogen-bond acceptors (Lipinski definition) is 4. The Morgan fingerprint density at radius 1 is 1.06 bits per heavy atom. The molecule has 32 heavy (non-hydrogen) atoms. The number of imidazole rings is 2. The highest BCUT2D eigenvalue weighted by molar-refractivity contribution is 14.1. The van der Waals surface area contributed by atoms with E-state index in [9.17, 15) is 4.39 Å². The average molecular weight is 539 g/mol. The van der Waals surface area contributed by atoms with Crippen molar-refractivity contribution < 1.29 is 9.13 Å². The summed E-state index contributed by atoms with van der Waals surface area (Å²) < 4.78 is 23.8. The number of nitrogens with two attached hydrogens (primary N) is 1. The standard InChI is InChI=1S/C24H19FIN5O/c1-14-12-30(13-28-14)19-8-5-16(11-20(19)32-2)18-9-10-31-23(26)22(29-24(31)21(18)27)15-3-6-17(25)7-4-15/h3-13H,27H2,1-2H3. The van der Waals surface area contributed by atoms with Gasteiger partial charge in [-0.2, -0.15) is 0 Å². The molecule has 0 saturated carbocycles. The first-order valence-corrected chi connectivity index (χ1v) is 11.0. The number of methoxy groups -OCH3 is 1. The molecule has 0 aliphatic heterocycles. The molecule has 5 rings (SSSR count). The third-order valence-electron chi connectivity index (χ3n) is 5.37. The summed E-state index contributed by atoms with van der Waals surface area (Å²) >= 11 is 2.24. The van der Waals surface area contributed by atoms with Gasteiger partial charge < -0.3 is 15.0 Å². The predicted octanol–water partition coefficient (Wildman–Crippen LogP) is 5.50. The molecule has 3 aromatic heterocycles. The third-order valence-corrected chi connectivity index (χ3v) is 6.40. The summed E-state index contributed by atoms with van der Waals surface area (Å²) in [5.41, 5.74) is 13.0. The van der Waals surface area contributed by atoms with Crippen molar-refractivity contribution in [1.82, 2.24) is 18.9 Å². The van der Waals surface area contributed by atoms with Gasteiger partial charge in [0.15, 0.2) is 5.65 Å². The second-order valence-corrected chi connectivity index (χ2v) is 8.43. The van der Waals surface area contributed by atoms with Crippen LogP contribution in [0.25, 0.3) is 33.7 Å². The van der Waals surface area contributed by atoms with Crippen molar-refractivity contribution in [3.8, 4) is 33.8 Å². The number of aromatic nitrogens is 4. The molecule has 0 saturated heterocycles. The van der Waals surface area contributed by atoms with Crippen molar-refractivity contribution in [3.05, 3.63) is 82.5 Å². The molecule has 0 amide bonds. The summed E-state index contributed by atoms with van der Waals surface area (Å²) in [4.78, 5) is 9.07. The summed E-state index contributed by atoms with van der Waals surface area (Å²) in [5.74, 6) is 0.432. The molecule has 0 atom stereocenters. The van der Waals surface area contributed by atoms with Crippen LogP contribution in [0.5, 0.6) is 5.75 Å². The maximum atomic E-state index is 13.3. The molecule has 5 aromatic rings. The molecule has 3 heterocycles. The lowest BCUT2D eigenvalue weighted by Gasteiger charge is -2.13. The number of rotatable bonds is 4. The van der Waals surface area contributed by atoms with Gasteiger partial charge in [-0.05, 0) is 77.5 Å². The highest BCUT2D eigenvalue weighted by atomic mass is 127. The van der Waals surface area contributed by atoms with E-state index in [4.69, 9.17) is 15.5 Å². The zero-order valence-electron chi connectivity index (χ0n) is 17.4. The summed E-state index contributed by atoms with van der Waals surface area (Å²) in [6.45, 7) is 1.94. The minimum absolute atomic E-state index is 0.280. The van der Waals surface area contributed by atoms with Crippen LogP contribution in [0.4, 0.5) is 10.1 Å². The van der Waals surface area contributed by atoms with Gasteiger partial charge in [-0.3, -0.25) is 4.40 Å². The Morgan fingerprint density at radius 3 is 2.50 bits per heavy atom. The molecule has 0 radical (unpaired) electrons. The summed E-state index contributed by atoms with van der Waals surface area (Å²) in [6, 6.07) is 14.2. The zero-order valence-corrected chi connectivity index (χ0v) is 19.5. The Balaban J connectivity index is 1.62. The van der Waals surface area contributed by atoms with E-state index >= 15 is 0 Å². The van der Waals surface area contributed by atoms with Crippen LogP contribution in [0.2, 0.25) is 0 Å². The summed E-state index contributed by atoms with van der Waals surface area (Å²) in [5, 5.41) is 0. The van der Waals surface area contributed by atoms with Gasteiger partial charge in [0.25, 0.3) is 0 Å². The fourth-order valence-electron chi connectivity index (χ4n) is 3.75. The van der Waals surface area contributed by atoms with Gasteiger partial charge >= 0.3 is 0 Å². The normalized spacial score (nSPS) is 11.2. The fourth-order valence-corrected chi connectivity index (χ4v) is 4.57. The molecule has 6 nitrogen and oxygen atoms in total. The predicted molar refractivity (Wildman–Crippen MR) is 132 cm³/mol. The quantitative estimate of drug-likeness (QED) is 0.307. The van der Waals surface area contributed by atoms with E-state index in [2.05, 4.69) is 27.6 Å². The van der Waals surface area contributed by atoms with Gasteiger partial charge in [0, 0.05) is 23.5 Å². The maximum absolute atomic E-state index is 13.3. The monoisotopic (exact) mass is 539 g/mol. The van der Waals surface area contributed by atoms with Crippen LogP contribution < -0.4 is 10.5 Å². The van der Waals surface area contributed by atoms with Gasteiger partial charge in [0.05, 0.1) is 30.5 Å². The number of aryl methyl sites for hydroxylation is 1. The minimum Gasteiger partial charge on any atom is -0.495 e. The first-order valence-electron chi connectivity index (χ1n) is 9.87. The van der Waals surface area contributed by atoms with Gasteiger partial charge in [-0.25, -0.2) is 14.4 Å². The second-order valence-electron chi connectivity index (χ2n) is 7.40. The van der Waals surface area contributed by atoms with Crippen LogP contribution in [0.1, 0.15) is 5.69 Å². The lowest BCUT2D eigenvalue weighted by molar-refractivity contribution is 0.413. The Labute approximate surface area is 197 Å². The molecule has 0 bridgehead atoms. The molecular formula is C24H19FIN5O. The average Bonchev–Trinajstić information content (AvgIpc) is 3.38. The van der Waals surface area contributed by atoms with Crippen LogP contribution in [-0.2, 0) is 0 Å². The number of ether oxygens (including phenoxy) is 1. The number of benzene rings is 2. The fraction of sp³-hybridized carbons (Fsp3) is 0.0833. The first kappa shape index (κ1) is 20.5. The van der Waals surface area contributed by atoms with E-state index < -0.39 is 0 Å². The van der Waals surface area contributed by atoms with Gasteiger partial charge in [0.1, 0.15) is 21.0 Å². The van der Waals surface area contributed by atoms with Crippen molar-refractivity contribution in [1.29, 1.82) is 0 Å². The molecule has 0 aliphatic rings. The summed E-state index contributed by atoms with van der Waals surface area (Å²) in [7, 11) is 1.64. The molecule has 2 aromatic carbocycles. The van der Waals surface area contributed by atoms with Crippen LogP contribution in [-0.4, -0.2) is 26.0 Å². The van der Waals surface area contributed by atoms with E-state index in [1.165, 1.54) is 12.1 Å². The van der Waals surface area contributed by atoms with Crippen molar-refractivity contribution in [2.75, 3.05) is 12.8 Å². The van der Waals surface area contributed by atoms with E-state index in [1.807, 2.05) is 52.6 Å². The van der Waals surface area contributed by atoms with E-state index in [0.29, 0.717) is 17.1 Å². The van der Waals surface area contributed by atoms with E-state index in [0.717, 1.165) is 37.5 Å². The van der Waals surface area contributed by atoms with Gasteiger partial charge in [0.2, 0.25) is 0 Å². The topological polar surface area (TPSA) is 70.4 Å². The van der Waals surface area contributed by atoms with Crippen LogP contribution >= 0.6 is 22.6 Å². The van der Waals surface area contributed by atoms with Gasteiger partial charge in [-0.15, -0.1) is 0 Å². The number of anilines is 1. The number of hydrogen-bond donors (Lipinski definition) is 1. The zero-order chi connectivity index (χ0) is 22.4. The number of nitrogen functional groups attached to an aromatic ring is 1. The van der Waals surface area contributed by atoms with Crippen LogP contribution in [0.3, 0.4) is 0 Å². The third kappa shape index (κ3) is 3.40. The molecular weight excluding hydrogens is 520 g/mol. The summed E-state index contributed by atoms with van der Waals surface area (Å²) in [6.07, 6.45) is 5.65. The highest BCUT2D eigenvalue weighted by Crippen LogP contribution is 2.36. The molecule has 0 unspecified atom stereocenters. The molecule has 8 heteroatoms. The second kappa shape index (κ2) is 7.94. The smallest absolute Gasteiger partial charge is 0.162 e. The molecule has 2 N–H and O–H groups in total. The Hall–Kier alpha value is -3.40. The number of halogens is 2. The van der Waals surface area contributed by atoms with Crippen LogP contribution in [0.15, 0.2) is 67.3 Å². The number of pyridine rings is 1. The van der Waals surface area contributed by atoms with Gasteiger partial charge in [-0.1, -0.05) is 6.07 Å². The molecule has 0 aliphatic carbocycles. The Morgan fingerprint density at radius 2 is 1.81 bits per heavy atom. The van der Waals surface area contributed by atoms with Crippen molar-refractivity contribution in [2.24, 2.45) is 0 Å². The lowest BCUT2D eigenvalue weighted by atomic mass is 10.0. The largest absolute Gasteiger partial charge is 0.495 e. The first-order chi connectivity index (χ1) is 15.5.